The van der Waals surface area contributed by atoms with Crippen molar-refractivity contribution in [1.29, 1.82) is 0 Å². The van der Waals surface area contributed by atoms with E-state index in [9.17, 15) is 9.59 Å². The summed E-state index contributed by atoms with van der Waals surface area (Å²) in [6.45, 7) is 2.24. The van der Waals surface area contributed by atoms with E-state index in [4.69, 9.17) is 4.74 Å². The molecule has 29 heavy (non-hydrogen) atoms. The molecule has 0 aliphatic carbocycles. The lowest BCUT2D eigenvalue weighted by Gasteiger charge is -2.16. The molecule has 2 rings (SSSR count). The maximum absolute atomic E-state index is 12.5. The summed E-state index contributed by atoms with van der Waals surface area (Å²) in [6.07, 6.45) is 11.5. The van der Waals surface area contributed by atoms with E-state index in [1.54, 1.807) is 7.05 Å². The third-order valence-corrected chi connectivity index (χ3v) is 5.49. The van der Waals surface area contributed by atoms with Crippen molar-refractivity contribution < 1.29 is 14.3 Å². The molecule has 0 fully saturated rings. The van der Waals surface area contributed by atoms with Gasteiger partial charge in [-0.15, -0.1) is 0 Å². The number of ether oxygens (including phenoxy) is 1. The highest BCUT2D eigenvalue weighted by Gasteiger charge is 2.12. The number of unbranched alkanes of at least 4 members (excludes halogenated alkanes) is 8. The second-order valence-electron chi connectivity index (χ2n) is 7.78. The van der Waals surface area contributed by atoms with Crippen LogP contribution in [0.1, 0.15) is 81.5 Å². The largest absolute Gasteiger partial charge is 0.452 e. The molecule has 0 aliphatic rings. The number of fused-ring (bicyclic) bond motifs is 1. The summed E-state index contributed by atoms with van der Waals surface area (Å²) >= 11 is 0. The maximum Gasteiger partial charge on any atom is 0.413 e. The molecule has 0 saturated heterocycles. The molecule has 0 heterocycles. The van der Waals surface area contributed by atoms with Gasteiger partial charge in [-0.2, -0.15) is 0 Å². The predicted molar refractivity (Wildman–Crippen MR) is 121 cm³/mol. The van der Waals surface area contributed by atoms with Crippen molar-refractivity contribution in [2.45, 2.75) is 71.1 Å². The number of Topliss-reactive ketones (excluding diaryl/α,β-unsaturated/α-hetero) is 1. The van der Waals surface area contributed by atoms with E-state index < -0.39 is 6.09 Å². The summed E-state index contributed by atoms with van der Waals surface area (Å²) in [7, 11) is 3.04. The lowest BCUT2D eigenvalue weighted by Crippen LogP contribution is -2.25. The predicted octanol–water partition coefficient (Wildman–Crippen LogP) is 7.15. The van der Waals surface area contributed by atoms with Gasteiger partial charge in [-0.3, -0.25) is 9.69 Å². The van der Waals surface area contributed by atoms with Crippen LogP contribution in [0.3, 0.4) is 0 Å². The molecule has 0 unspecified atom stereocenters. The SMILES string of the molecule is CCCCCCCCCCCC(=O)c1ccc2cc(N(C)C(=O)OC)ccc2c1. The molecule has 158 valence electrons. The normalized spacial score (nSPS) is 10.9. The fraction of sp³-hybridized carbons (Fsp3) is 0.520. The van der Waals surface area contributed by atoms with Crippen LogP contribution in [0, 0.1) is 0 Å². The van der Waals surface area contributed by atoms with Crippen LogP contribution in [-0.4, -0.2) is 26.0 Å². The number of rotatable bonds is 12. The fourth-order valence-electron chi connectivity index (χ4n) is 3.60. The van der Waals surface area contributed by atoms with Gasteiger partial charge in [-0.05, 0) is 35.4 Å². The van der Waals surface area contributed by atoms with Crippen LogP contribution in [0.5, 0.6) is 0 Å². The van der Waals surface area contributed by atoms with E-state index in [0.29, 0.717) is 6.42 Å². The number of carbonyl (C=O) groups excluding carboxylic acids is 2. The van der Waals surface area contributed by atoms with Crippen LogP contribution < -0.4 is 4.90 Å². The minimum atomic E-state index is -0.405. The Morgan fingerprint density at radius 2 is 1.41 bits per heavy atom. The van der Waals surface area contributed by atoms with Crippen molar-refractivity contribution >= 4 is 28.3 Å². The first-order chi connectivity index (χ1) is 14.1. The zero-order chi connectivity index (χ0) is 21.1. The summed E-state index contributed by atoms with van der Waals surface area (Å²) < 4.78 is 4.76. The second kappa shape index (κ2) is 12.3. The van der Waals surface area contributed by atoms with E-state index in [1.807, 2.05) is 36.4 Å². The van der Waals surface area contributed by atoms with Crippen molar-refractivity contribution in [3.63, 3.8) is 0 Å². The molecule has 0 saturated carbocycles. The molecular formula is C25H35NO3. The average Bonchev–Trinajstić information content (AvgIpc) is 2.75. The third kappa shape index (κ3) is 7.19. The number of methoxy groups -OCH3 is 1. The van der Waals surface area contributed by atoms with Crippen LogP contribution >= 0.6 is 0 Å². The molecule has 4 nitrogen and oxygen atoms in total. The van der Waals surface area contributed by atoms with E-state index in [2.05, 4.69) is 6.92 Å². The van der Waals surface area contributed by atoms with Gasteiger partial charge in [-0.25, -0.2) is 4.79 Å². The van der Waals surface area contributed by atoms with Gasteiger partial charge >= 0.3 is 6.09 Å². The molecule has 0 aromatic heterocycles. The van der Waals surface area contributed by atoms with E-state index in [0.717, 1.165) is 34.9 Å². The van der Waals surface area contributed by atoms with E-state index >= 15 is 0 Å². The van der Waals surface area contributed by atoms with E-state index in [-0.39, 0.29) is 5.78 Å². The summed E-state index contributed by atoms with van der Waals surface area (Å²) in [5.41, 5.74) is 1.53. The summed E-state index contributed by atoms with van der Waals surface area (Å²) in [5, 5.41) is 2.00. The Morgan fingerprint density at radius 3 is 2.07 bits per heavy atom. The topological polar surface area (TPSA) is 46.6 Å². The van der Waals surface area contributed by atoms with Gasteiger partial charge in [0.25, 0.3) is 0 Å². The van der Waals surface area contributed by atoms with Gasteiger partial charge in [0.05, 0.1) is 7.11 Å². The Kier molecular flexibility index (Phi) is 9.69. The Bertz CT molecular complexity index is 800. The van der Waals surface area contributed by atoms with Gasteiger partial charge in [0.2, 0.25) is 0 Å². The van der Waals surface area contributed by atoms with Crippen LogP contribution in [0.25, 0.3) is 10.8 Å². The van der Waals surface area contributed by atoms with Gasteiger partial charge in [0, 0.05) is 24.7 Å². The van der Waals surface area contributed by atoms with Crippen LogP contribution in [0.15, 0.2) is 36.4 Å². The van der Waals surface area contributed by atoms with Gasteiger partial charge < -0.3 is 4.74 Å². The minimum Gasteiger partial charge on any atom is -0.452 e. The third-order valence-electron chi connectivity index (χ3n) is 5.49. The first-order valence-corrected chi connectivity index (χ1v) is 11.0. The Labute approximate surface area is 175 Å². The second-order valence-corrected chi connectivity index (χ2v) is 7.78. The average molecular weight is 398 g/mol. The van der Waals surface area contributed by atoms with Crippen molar-refractivity contribution in [2.75, 3.05) is 19.1 Å². The van der Waals surface area contributed by atoms with E-state index in [1.165, 1.54) is 57.0 Å². The van der Waals surface area contributed by atoms with Crippen LogP contribution in [0.4, 0.5) is 10.5 Å². The lowest BCUT2D eigenvalue weighted by atomic mass is 10.00. The smallest absolute Gasteiger partial charge is 0.413 e. The van der Waals surface area contributed by atoms with Crippen molar-refractivity contribution in [3.8, 4) is 0 Å². The summed E-state index contributed by atoms with van der Waals surface area (Å²) in [6, 6.07) is 11.5. The summed E-state index contributed by atoms with van der Waals surface area (Å²) in [4.78, 5) is 25.7. The van der Waals surface area contributed by atoms with Crippen LogP contribution in [0.2, 0.25) is 0 Å². The lowest BCUT2D eigenvalue weighted by molar-refractivity contribution is 0.0979. The monoisotopic (exact) mass is 397 g/mol. The number of ketones is 1. The van der Waals surface area contributed by atoms with Gasteiger partial charge in [0.1, 0.15) is 0 Å². The number of anilines is 1. The molecule has 0 spiro atoms. The molecule has 0 N–H and O–H groups in total. The van der Waals surface area contributed by atoms with Crippen LogP contribution in [-0.2, 0) is 4.74 Å². The Balaban J connectivity index is 1.82. The standard InChI is InChI=1S/C25H35NO3/c1-4-5-6-7-8-9-10-11-12-13-24(27)22-15-14-21-19-23(17-16-20(21)18-22)26(2)25(28)29-3/h14-19H,4-13H2,1-3H3. The molecule has 0 aliphatic heterocycles. The molecule has 2 aromatic carbocycles. The minimum absolute atomic E-state index is 0.214. The first kappa shape index (κ1) is 22.9. The first-order valence-electron chi connectivity index (χ1n) is 11.0. The zero-order valence-corrected chi connectivity index (χ0v) is 18.2. The number of hydrogen-bond acceptors (Lipinski definition) is 3. The molecular weight excluding hydrogens is 362 g/mol. The molecule has 0 atom stereocenters. The van der Waals surface area contributed by atoms with Crippen molar-refractivity contribution in [2.24, 2.45) is 0 Å². The quantitative estimate of drug-likeness (QED) is 0.282. The number of amides is 1. The molecule has 0 radical (unpaired) electrons. The Hall–Kier alpha value is -2.36. The number of hydrogen-bond donors (Lipinski definition) is 0. The highest BCUT2D eigenvalue weighted by atomic mass is 16.5. The van der Waals surface area contributed by atoms with Gasteiger partial charge in [0.15, 0.2) is 5.78 Å². The molecule has 0 bridgehead atoms. The van der Waals surface area contributed by atoms with Gasteiger partial charge in [-0.1, -0.05) is 76.5 Å². The summed E-state index contributed by atoms with van der Waals surface area (Å²) in [5.74, 6) is 0.214. The number of carbonyl (C=O) groups is 2. The fourth-order valence-corrected chi connectivity index (χ4v) is 3.60. The van der Waals surface area contributed by atoms with Crippen molar-refractivity contribution in [3.05, 3.63) is 42.0 Å². The highest BCUT2D eigenvalue weighted by Crippen LogP contribution is 2.24. The molecule has 4 heteroatoms. The number of nitrogens with zero attached hydrogens (tertiary/aromatic N) is 1. The molecule has 2 aromatic rings. The molecule has 1 amide bonds. The maximum atomic E-state index is 12.5. The Morgan fingerprint density at radius 1 is 0.828 bits per heavy atom. The number of benzene rings is 2. The highest BCUT2D eigenvalue weighted by molar-refractivity contribution is 6.01. The van der Waals surface area contributed by atoms with Crippen molar-refractivity contribution in [1.82, 2.24) is 0 Å². The zero-order valence-electron chi connectivity index (χ0n) is 18.2.